The van der Waals surface area contributed by atoms with Crippen LogP contribution in [0.4, 0.5) is 0 Å². The molecule has 0 atom stereocenters. The van der Waals surface area contributed by atoms with Crippen LogP contribution in [0.3, 0.4) is 0 Å². The topological polar surface area (TPSA) is 40.5 Å². The van der Waals surface area contributed by atoms with Gasteiger partial charge in [-0.1, -0.05) is 52.7 Å². The quantitative estimate of drug-likeness (QED) is 0.599. The number of phenols is 1. The summed E-state index contributed by atoms with van der Waals surface area (Å²) in [6, 6.07) is 7.43. The Bertz CT molecular complexity index is 471. The van der Waals surface area contributed by atoms with Crippen molar-refractivity contribution in [2.24, 2.45) is 0 Å². The van der Waals surface area contributed by atoms with Gasteiger partial charge in [0.15, 0.2) is 0 Å². The predicted molar refractivity (Wildman–Crippen MR) is 101 cm³/mol. The molecule has 0 aliphatic heterocycles. The van der Waals surface area contributed by atoms with E-state index < -0.39 is 0 Å². The van der Waals surface area contributed by atoms with Crippen LogP contribution in [0.15, 0.2) is 24.3 Å². The molecule has 0 aromatic heterocycles. The standard InChI is InChI=1S/C21H35NO2/c1-5-7-16-22(17-8-6-2)20(24)10-9-15-21(3,4)18-11-13-19(23)14-12-18/h11-14,23H,5-10,15-17H2,1-4H3. The predicted octanol–water partition coefficient (Wildman–Crippen LogP) is 5.27. The summed E-state index contributed by atoms with van der Waals surface area (Å²) in [5.74, 6) is 0.602. The minimum Gasteiger partial charge on any atom is -0.508 e. The van der Waals surface area contributed by atoms with Crippen molar-refractivity contribution in [1.29, 1.82) is 0 Å². The minimum atomic E-state index is 0.0195. The van der Waals surface area contributed by atoms with E-state index in [1.807, 2.05) is 12.1 Å². The van der Waals surface area contributed by atoms with Crippen molar-refractivity contribution in [1.82, 2.24) is 4.90 Å². The summed E-state index contributed by atoms with van der Waals surface area (Å²) in [7, 11) is 0. The normalized spacial score (nSPS) is 11.5. The maximum Gasteiger partial charge on any atom is 0.222 e. The highest BCUT2D eigenvalue weighted by molar-refractivity contribution is 5.76. The molecule has 3 nitrogen and oxygen atoms in total. The Labute approximate surface area is 148 Å². The Kier molecular flexibility index (Phi) is 8.88. The molecule has 1 amide bonds. The summed E-state index contributed by atoms with van der Waals surface area (Å²) in [5.41, 5.74) is 1.23. The Morgan fingerprint density at radius 1 is 1.00 bits per heavy atom. The molecule has 1 aromatic rings. The van der Waals surface area contributed by atoms with Crippen LogP contribution >= 0.6 is 0 Å². The molecule has 24 heavy (non-hydrogen) atoms. The highest BCUT2D eigenvalue weighted by Gasteiger charge is 2.21. The first kappa shape index (κ1) is 20.5. The second-order valence-corrected chi connectivity index (χ2v) is 7.37. The zero-order valence-corrected chi connectivity index (χ0v) is 16.0. The van der Waals surface area contributed by atoms with Crippen LogP contribution in [0.5, 0.6) is 5.75 Å². The Balaban J connectivity index is 2.50. The van der Waals surface area contributed by atoms with Crippen LogP contribution in [-0.2, 0) is 10.2 Å². The number of carbonyl (C=O) groups is 1. The molecule has 0 heterocycles. The van der Waals surface area contributed by atoms with Crippen molar-refractivity contribution >= 4 is 5.91 Å². The Hall–Kier alpha value is -1.51. The molecule has 0 saturated heterocycles. The molecule has 3 heteroatoms. The van der Waals surface area contributed by atoms with Crippen LogP contribution in [0.1, 0.15) is 78.2 Å². The van der Waals surface area contributed by atoms with E-state index in [-0.39, 0.29) is 5.41 Å². The van der Waals surface area contributed by atoms with Gasteiger partial charge in [-0.3, -0.25) is 4.79 Å². The van der Waals surface area contributed by atoms with E-state index in [0.717, 1.165) is 51.6 Å². The van der Waals surface area contributed by atoms with E-state index in [1.165, 1.54) is 5.56 Å². The molecule has 1 N–H and O–H groups in total. The van der Waals surface area contributed by atoms with Crippen LogP contribution in [0, 0.1) is 0 Å². The van der Waals surface area contributed by atoms with Crippen molar-refractivity contribution < 1.29 is 9.90 Å². The van der Waals surface area contributed by atoms with Gasteiger partial charge in [-0.15, -0.1) is 0 Å². The van der Waals surface area contributed by atoms with Gasteiger partial charge in [0.2, 0.25) is 5.91 Å². The lowest BCUT2D eigenvalue weighted by Crippen LogP contribution is -2.33. The van der Waals surface area contributed by atoms with E-state index in [9.17, 15) is 9.90 Å². The summed E-state index contributed by atoms with van der Waals surface area (Å²) in [6.07, 6.45) is 6.95. The van der Waals surface area contributed by atoms with Gasteiger partial charge in [0.1, 0.15) is 5.75 Å². The summed E-state index contributed by atoms with van der Waals surface area (Å²) in [5, 5.41) is 9.42. The lowest BCUT2D eigenvalue weighted by Gasteiger charge is -2.27. The van der Waals surface area contributed by atoms with E-state index in [4.69, 9.17) is 0 Å². The van der Waals surface area contributed by atoms with Gasteiger partial charge < -0.3 is 10.0 Å². The van der Waals surface area contributed by atoms with Crippen molar-refractivity contribution in [2.45, 2.75) is 78.1 Å². The Morgan fingerprint density at radius 2 is 1.54 bits per heavy atom. The van der Waals surface area contributed by atoms with Crippen molar-refractivity contribution in [3.63, 3.8) is 0 Å². The number of phenolic OH excluding ortho intramolecular Hbond substituents is 1. The van der Waals surface area contributed by atoms with Gasteiger partial charge in [-0.05, 0) is 48.8 Å². The fraction of sp³-hybridized carbons (Fsp3) is 0.667. The van der Waals surface area contributed by atoms with E-state index >= 15 is 0 Å². The van der Waals surface area contributed by atoms with Gasteiger partial charge >= 0.3 is 0 Å². The van der Waals surface area contributed by atoms with E-state index in [0.29, 0.717) is 18.1 Å². The smallest absolute Gasteiger partial charge is 0.222 e. The number of nitrogens with zero attached hydrogens (tertiary/aromatic N) is 1. The molecule has 0 unspecified atom stereocenters. The maximum atomic E-state index is 12.5. The monoisotopic (exact) mass is 333 g/mol. The van der Waals surface area contributed by atoms with Crippen LogP contribution in [0.25, 0.3) is 0 Å². The van der Waals surface area contributed by atoms with Crippen molar-refractivity contribution in [2.75, 3.05) is 13.1 Å². The largest absolute Gasteiger partial charge is 0.508 e. The lowest BCUT2D eigenvalue weighted by atomic mass is 9.80. The van der Waals surface area contributed by atoms with Crippen molar-refractivity contribution in [3.8, 4) is 5.75 Å². The van der Waals surface area contributed by atoms with Gasteiger partial charge in [-0.25, -0.2) is 0 Å². The molecule has 0 radical (unpaired) electrons. The van der Waals surface area contributed by atoms with Crippen LogP contribution < -0.4 is 0 Å². The molecule has 0 aliphatic rings. The molecular weight excluding hydrogens is 298 g/mol. The molecule has 0 aliphatic carbocycles. The fourth-order valence-corrected chi connectivity index (χ4v) is 2.96. The average molecular weight is 334 g/mol. The number of hydrogen-bond acceptors (Lipinski definition) is 2. The highest BCUT2D eigenvalue weighted by atomic mass is 16.3. The van der Waals surface area contributed by atoms with Crippen LogP contribution in [-0.4, -0.2) is 29.0 Å². The first-order valence-electron chi connectivity index (χ1n) is 9.48. The second-order valence-electron chi connectivity index (χ2n) is 7.37. The van der Waals surface area contributed by atoms with Gasteiger partial charge in [0.05, 0.1) is 0 Å². The zero-order chi connectivity index (χ0) is 18.0. The number of benzene rings is 1. The van der Waals surface area contributed by atoms with Gasteiger partial charge in [0.25, 0.3) is 0 Å². The first-order valence-corrected chi connectivity index (χ1v) is 9.48. The molecule has 136 valence electrons. The number of aromatic hydroxyl groups is 1. The highest BCUT2D eigenvalue weighted by Crippen LogP contribution is 2.30. The van der Waals surface area contributed by atoms with Crippen molar-refractivity contribution in [3.05, 3.63) is 29.8 Å². The number of unbranched alkanes of at least 4 members (excludes halogenated alkanes) is 2. The number of amides is 1. The molecule has 0 fully saturated rings. The number of hydrogen-bond donors (Lipinski definition) is 1. The third-order valence-electron chi connectivity index (χ3n) is 4.76. The fourth-order valence-electron chi connectivity index (χ4n) is 2.96. The molecule has 1 rings (SSSR count). The molecule has 0 saturated carbocycles. The second kappa shape index (κ2) is 10.4. The van der Waals surface area contributed by atoms with E-state index in [2.05, 4.69) is 32.6 Å². The summed E-state index contributed by atoms with van der Waals surface area (Å²) < 4.78 is 0. The lowest BCUT2D eigenvalue weighted by molar-refractivity contribution is -0.131. The SMILES string of the molecule is CCCCN(CCCC)C(=O)CCCC(C)(C)c1ccc(O)cc1. The minimum absolute atomic E-state index is 0.0195. The third kappa shape index (κ3) is 6.94. The first-order chi connectivity index (χ1) is 11.4. The summed E-state index contributed by atoms with van der Waals surface area (Å²) >= 11 is 0. The summed E-state index contributed by atoms with van der Waals surface area (Å²) in [4.78, 5) is 14.6. The average Bonchev–Trinajstić information content (AvgIpc) is 2.55. The maximum absolute atomic E-state index is 12.5. The Morgan fingerprint density at radius 3 is 2.04 bits per heavy atom. The van der Waals surface area contributed by atoms with Crippen LogP contribution in [0.2, 0.25) is 0 Å². The number of rotatable bonds is 11. The van der Waals surface area contributed by atoms with Gasteiger partial charge in [0, 0.05) is 19.5 Å². The molecule has 0 bridgehead atoms. The van der Waals surface area contributed by atoms with E-state index in [1.54, 1.807) is 12.1 Å². The summed E-state index contributed by atoms with van der Waals surface area (Å²) in [6.45, 7) is 10.5. The van der Waals surface area contributed by atoms with Gasteiger partial charge in [-0.2, -0.15) is 0 Å². The number of carbonyl (C=O) groups excluding carboxylic acids is 1. The molecular formula is C21H35NO2. The zero-order valence-electron chi connectivity index (χ0n) is 16.0. The third-order valence-corrected chi connectivity index (χ3v) is 4.76. The molecule has 1 aromatic carbocycles. The molecule has 0 spiro atoms.